The summed E-state index contributed by atoms with van der Waals surface area (Å²) < 4.78 is 0. The van der Waals surface area contributed by atoms with Gasteiger partial charge in [0.05, 0.1) is 6.42 Å². The van der Waals surface area contributed by atoms with Gasteiger partial charge in [-0.15, -0.1) is 0 Å². The van der Waals surface area contributed by atoms with Gasteiger partial charge in [0.1, 0.15) is 6.04 Å². The standard InChI is InChI=1S/C11H20N2O4/c1-5-9(14)13(4)8(3)11(17)12-7(2)6-10(15)16/h7-8H,5-6H2,1-4H3,(H,12,17)(H,15,16). The van der Waals surface area contributed by atoms with Crippen LogP contribution in [0.5, 0.6) is 0 Å². The number of carbonyl (C=O) groups excluding carboxylic acids is 2. The molecule has 0 fully saturated rings. The van der Waals surface area contributed by atoms with Gasteiger partial charge in [-0.1, -0.05) is 6.92 Å². The van der Waals surface area contributed by atoms with Crippen LogP contribution in [-0.2, 0) is 14.4 Å². The summed E-state index contributed by atoms with van der Waals surface area (Å²) in [6.45, 7) is 4.94. The Balaban J connectivity index is 4.31. The van der Waals surface area contributed by atoms with Crippen LogP contribution in [0, 0.1) is 0 Å². The van der Waals surface area contributed by atoms with Crippen LogP contribution < -0.4 is 5.32 Å². The molecule has 0 aliphatic heterocycles. The fourth-order valence-electron chi connectivity index (χ4n) is 1.32. The fourth-order valence-corrected chi connectivity index (χ4v) is 1.32. The predicted octanol–water partition coefficient (Wildman–Crippen LogP) is 0.223. The van der Waals surface area contributed by atoms with Crippen molar-refractivity contribution in [3.05, 3.63) is 0 Å². The number of hydrogen-bond donors (Lipinski definition) is 2. The van der Waals surface area contributed by atoms with Crippen LogP contribution in [0.15, 0.2) is 0 Å². The van der Waals surface area contributed by atoms with Crippen LogP contribution in [0.25, 0.3) is 0 Å². The van der Waals surface area contributed by atoms with Crippen LogP contribution in [0.2, 0.25) is 0 Å². The third-order valence-electron chi connectivity index (χ3n) is 2.53. The zero-order valence-corrected chi connectivity index (χ0v) is 10.7. The zero-order chi connectivity index (χ0) is 13.6. The first-order chi connectivity index (χ1) is 7.79. The molecule has 0 rings (SSSR count). The second-order valence-electron chi connectivity index (χ2n) is 4.04. The van der Waals surface area contributed by atoms with E-state index < -0.39 is 18.1 Å². The second-order valence-corrected chi connectivity index (χ2v) is 4.04. The van der Waals surface area contributed by atoms with E-state index in [1.54, 1.807) is 27.8 Å². The normalized spacial score (nSPS) is 13.6. The molecule has 6 nitrogen and oxygen atoms in total. The summed E-state index contributed by atoms with van der Waals surface area (Å²) in [5.41, 5.74) is 0. The van der Waals surface area contributed by atoms with E-state index in [2.05, 4.69) is 5.32 Å². The van der Waals surface area contributed by atoms with Gasteiger partial charge < -0.3 is 15.3 Å². The summed E-state index contributed by atoms with van der Waals surface area (Å²) in [4.78, 5) is 34.9. The average Bonchev–Trinajstić information content (AvgIpc) is 2.24. The van der Waals surface area contributed by atoms with Crippen LogP contribution in [0.1, 0.15) is 33.6 Å². The van der Waals surface area contributed by atoms with Gasteiger partial charge in [-0.25, -0.2) is 0 Å². The molecule has 0 spiro atoms. The molecule has 2 amide bonds. The summed E-state index contributed by atoms with van der Waals surface area (Å²) >= 11 is 0. The van der Waals surface area contributed by atoms with Crippen molar-refractivity contribution in [3.8, 4) is 0 Å². The van der Waals surface area contributed by atoms with Gasteiger partial charge in [0.25, 0.3) is 0 Å². The van der Waals surface area contributed by atoms with Crippen molar-refractivity contribution in [1.82, 2.24) is 10.2 Å². The first kappa shape index (κ1) is 15.4. The Morgan fingerprint density at radius 3 is 2.24 bits per heavy atom. The topological polar surface area (TPSA) is 86.7 Å². The highest BCUT2D eigenvalue weighted by Crippen LogP contribution is 2.00. The summed E-state index contributed by atoms with van der Waals surface area (Å²) in [6.07, 6.45) is 0.197. The highest BCUT2D eigenvalue weighted by molar-refractivity contribution is 5.87. The second kappa shape index (κ2) is 6.88. The fraction of sp³-hybridized carbons (Fsp3) is 0.727. The van der Waals surface area contributed by atoms with E-state index in [1.165, 1.54) is 4.90 Å². The van der Waals surface area contributed by atoms with Crippen molar-refractivity contribution < 1.29 is 19.5 Å². The molecule has 0 radical (unpaired) electrons. The summed E-state index contributed by atoms with van der Waals surface area (Å²) in [5.74, 6) is -1.44. The minimum Gasteiger partial charge on any atom is -0.481 e. The van der Waals surface area contributed by atoms with Crippen molar-refractivity contribution in [1.29, 1.82) is 0 Å². The number of carbonyl (C=O) groups is 3. The van der Waals surface area contributed by atoms with Gasteiger partial charge in [-0.2, -0.15) is 0 Å². The molecule has 0 saturated heterocycles. The Morgan fingerprint density at radius 1 is 1.29 bits per heavy atom. The Kier molecular flexibility index (Phi) is 6.23. The van der Waals surface area contributed by atoms with E-state index >= 15 is 0 Å². The minimum absolute atomic E-state index is 0.126. The highest BCUT2D eigenvalue weighted by atomic mass is 16.4. The van der Waals surface area contributed by atoms with Gasteiger partial charge in [0, 0.05) is 19.5 Å². The molecule has 17 heavy (non-hydrogen) atoms. The summed E-state index contributed by atoms with van der Waals surface area (Å²) in [5, 5.41) is 11.1. The molecule has 2 atom stereocenters. The Hall–Kier alpha value is -1.59. The quantitative estimate of drug-likeness (QED) is 0.700. The largest absolute Gasteiger partial charge is 0.481 e. The first-order valence-corrected chi connectivity index (χ1v) is 5.57. The predicted molar refractivity (Wildman–Crippen MR) is 62.4 cm³/mol. The van der Waals surface area contributed by atoms with E-state index in [9.17, 15) is 14.4 Å². The number of aliphatic carboxylic acids is 1. The maximum atomic E-state index is 11.7. The van der Waals surface area contributed by atoms with Crippen LogP contribution >= 0.6 is 0 Å². The number of carboxylic acids is 1. The third-order valence-corrected chi connectivity index (χ3v) is 2.53. The van der Waals surface area contributed by atoms with Crippen LogP contribution in [0.4, 0.5) is 0 Å². The number of likely N-dealkylation sites (N-methyl/N-ethyl adjacent to an activating group) is 1. The molecule has 2 N–H and O–H groups in total. The van der Waals surface area contributed by atoms with Crippen molar-refractivity contribution in [2.45, 2.75) is 45.7 Å². The lowest BCUT2D eigenvalue weighted by Crippen LogP contribution is -2.48. The number of rotatable bonds is 6. The van der Waals surface area contributed by atoms with Gasteiger partial charge in [0.15, 0.2) is 0 Å². The maximum absolute atomic E-state index is 11.7. The van der Waals surface area contributed by atoms with Crippen molar-refractivity contribution in [2.75, 3.05) is 7.05 Å². The van der Waals surface area contributed by atoms with Crippen molar-refractivity contribution in [3.63, 3.8) is 0 Å². The lowest BCUT2D eigenvalue weighted by atomic mass is 10.2. The molecule has 0 aromatic heterocycles. The monoisotopic (exact) mass is 244 g/mol. The molecule has 98 valence electrons. The molecule has 0 heterocycles. The minimum atomic E-state index is -0.969. The molecule has 0 saturated carbocycles. The third kappa shape index (κ3) is 5.33. The molecule has 0 aromatic carbocycles. The Bertz CT molecular complexity index is 304. The van der Waals surface area contributed by atoms with Gasteiger partial charge >= 0.3 is 5.97 Å². The molecule has 0 aliphatic rings. The summed E-state index contributed by atoms with van der Waals surface area (Å²) in [6, 6.07) is -1.05. The molecular weight excluding hydrogens is 224 g/mol. The maximum Gasteiger partial charge on any atom is 0.305 e. The molecule has 2 unspecified atom stereocenters. The molecule has 0 bridgehead atoms. The number of hydrogen-bond acceptors (Lipinski definition) is 3. The molecule has 6 heteroatoms. The van der Waals surface area contributed by atoms with E-state index in [0.717, 1.165) is 0 Å². The first-order valence-electron chi connectivity index (χ1n) is 5.57. The highest BCUT2D eigenvalue weighted by Gasteiger charge is 2.22. The van der Waals surface area contributed by atoms with E-state index in [4.69, 9.17) is 5.11 Å². The SMILES string of the molecule is CCC(=O)N(C)C(C)C(=O)NC(C)CC(=O)O. The van der Waals surface area contributed by atoms with E-state index in [-0.39, 0.29) is 18.2 Å². The number of nitrogens with zero attached hydrogens (tertiary/aromatic N) is 1. The molecule has 0 aliphatic carbocycles. The van der Waals surface area contributed by atoms with Crippen LogP contribution in [0.3, 0.4) is 0 Å². The Labute approximate surface area is 101 Å². The van der Waals surface area contributed by atoms with Gasteiger partial charge in [0.2, 0.25) is 11.8 Å². The van der Waals surface area contributed by atoms with Crippen molar-refractivity contribution in [2.24, 2.45) is 0 Å². The number of nitrogens with one attached hydrogen (secondary N) is 1. The van der Waals surface area contributed by atoms with Gasteiger partial charge in [-0.05, 0) is 13.8 Å². The average molecular weight is 244 g/mol. The van der Waals surface area contributed by atoms with E-state index in [1.807, 2.05) is 0 Å². The summed E-state index contributed by atoms with van der Waals surface area (Å²) in [7, 11) is 1.55. The smallest absolute Gasteiger partial charge is 0.305 e. The molecule has 0 aromatic rings. The lowest BCUT2D eigenvalue weighted by Gasteiger charge is -2.25. The van der Waals surface area contributed by atoms with E-state index in [0.29, 0.717) is 6.42 Å². The number of carboxylic acid groups (broad SMARTS) is 1. The molecular formula is C11H20N2O4. The van der Waals surface area contributed by atoms with Gasteiger partial charge in [-0.3, -0.25) is 14.4 Å². The number of amides is 2. The Morgan fingerprint density at radius 2 is 1.82 bits per heavy atom. The lowest BCUT2D eigenvalue weighted by molar-refractivity contribution is -0.140. The van der Waals surface area contributed by atoms with Crippen LogP contribution in [-0.4, -0.2) is 46.9 Å². The zero-order valence-electron chi connectivity index (χ0n) is 10.7. The van der Waals surface area contributed by atoms with Crippen molar-refractivity contribution >= 4 is 17.8 Å².